The van der Waals surface area contributed by atoms with Gasteiger partial charge in [-0.25, -0.2) is 9.18 Å². The summed E-state index contributed by atoms with van der Waals surface area (Å²) in [5.41, 5.74) is 1.63. The zero-order chi connectivity index (χ0) is 20.6. The van der Waals surface area contributed by atoms with Gasteiger partial charge >= 0.3 is 12.1 Å². The number of hydrogen-bond donors (Lipinski definition) is 0. The predicted molar refractivity (Wildman–Crippen MR) is 103 cm³/mol. The van der Waals surface area contributed by atoms with E-state index in [1.807, 2.05) is 0 Å². The van der Waals surface area contributed by atoms with Crippen LogP contribution in [0.2, 0.25) is 0 Å². The van der Waals surface area contributed by atoms with Crippen LogP contribution >= 0.6 is 0 Å². The summed E-state index contributed by atoms with van der Waals surface area (Å²) < 4.78 is 18.0. The van der Waals surface area contributed by atoms with Gasteiger partial charge in [-0.2, -0.15) is 4.79 Å². The molecule has 1 unspecified atom stereocenters. The van der Waals surface area contributed by atoms with Gasteiger partial charge in [0.1, 0.15) is 12.0 Å². The Hall–Kier alpha value is -3.32. The van der Waals surface area contributed by atoms with E-state index in [0.717, 1.165) is 0 Å². The average Bonchev–Trinajstić information content (AvgIpc) is 3.08. The van der Waals surface area contributed by atoms with Gasteiger partial charge < -0.3 is 4.74 Å². The van der Waals surface area contributed by atoms with Crippen molar-refractivity contribution in [1.82, 2.24) is 9.38 Å². The first-order chi connectivity index (χ1) is 13.2. The monoisotopic (exact) mass is 383 g/mol. The number of methoxy groups -OCH3 is 1. The molecule has 2 aromatic rings. The fourth-order valence-corrected chi connectivity index (χ4v) is 3.25. The Bertz CT molecular complexity index is 1030. The number of benzene rings is 2. The molecule has 0 aliphatic carbocycles. The summed E-state index contributed by atoms with van der Waals surface area (Å²) in [6.45, 7) is 1.61. The number of ether oxygens (including phenoxy) is 1. The summed E-state index contributed by atoms with van der Waals surface area (Å²) >= 11 is 0. The molecule has 0 aromatic heterocycles. The molecule has 1 aliphatic heterocycles. The highest BCUT2D eigenvalue weighted by atomic mass is 19.1. The second kappa shape index (κ2) is 7.01. The van der Waals surface area contributed by atoms with Crippen molar-refractivity contribution in [3.05, 3.63) is 70.7 Å². The third-order valence-corrected chi connectivity index (χ3v) is 4.75. The first-order valence-corrected chi connectivity index (χ1v) is 8.56. The molecule has 1 aliphatic rings. The van der Waals surface area contributed by atoms with Gasteiger partial charge in [0.2, 0.25) is 0 Å². The molecule has 144 valence electrons. The second-order valence-electron chi connectivity index (χ2n) is 6.72. The van der Waals surface area contributed by atoms with E-state index in [1.165, 1.54) is 44.4 Å². The molecule has 2 aromatic carbocycles. The minimum absolute atomic E-state index is 0.187. The molecule has 0 fully saturated rings. The maximum absolute atomic E-state index is 13.9. The number of halogens is 1. The van der Waals surface area contributed by atoms with Crippen LogP contribution in [0.1, 0.15) is 27.0 Å². The van der Waals surface area contributed by atoms with Crippen LogP contribution in [0.15, 0.2) is 42.6 Å². The number of fused-ring (bicyclic) bond motifs is 1. The van der Waals surface area contributed by atoms with Crippen molar-refractivity contribution in [2.75, 3.05) is 21.2 Å². The highest BCUT2D eigenvalue weighted by Gasteiger charge is 2.53. The summed E-state index contributed by atoms with van der Waals surface area (Å²) in [5, 5.41) is 0. The smallest absolute Gasteiger partial charge is 0.422 e. The molecule has 0 spiro atoms. The first-order valence-electron chi connectivity index (χ1n) is 8.56. The van der Waals surface area contributed by atoms with E-state index in [2.05, 4.69) is 0 Å². The molecule has 3 rings (SSSR count). The fraction of sp³-hybridized carbons (Fsp3) is 0.190. The Morgan fingerprint density at radius 2 is 1.82 bits per heavy atom. The number of rotatable bonds is 2. The number of amides is 3. The van der Waals surface area contributed by atoms with Crippen molar-refractivity contribution < 1.29 is 23.5 Å². The van der Waals surface area contributed by atoms with E-state index >= 15 is 0 Å². The molecule has 1 heterocycles. The molecule has 0 bridgehead atoms. The number of carbonyl (C=O) groups is 3. The number of imide groups is 1. The van der Waals surface area contributed by atoms with Crippen LogP contribution in [0.25, 0.3) is 6.08 Å². The summed E-state index contributed by atoms with van der Waals surface area (Å²) in [7, 11) is 4.25. The van der Waals surface area contributed by atoms with Gasteiger partial charge in [-0.05, 0) is 24.6 Å². The largest absolute Gasteiger partial charge is 0.535 e. The van der Waals surface area contributed by atoms with Crippen LogP contribution < -0.4 is 4.48 Å². The van der Waals surface area contributed by atoms with E-state index in [0.29, 0.717) is 16.8 Å². The van der Waals surface area contributed by atoms with Gasteiger partial charge in [0.15, 0.2) is 11.5 Å². The van der Waals surface area contributed by atoms with Crippen molar-refractivity contribution in [2.24, 2.45) is 0 Å². The number of hydrogen-bond acceptors (Lipinski definition) is 4. The van der Waals surface area contributed by atoms with Crippen molar-refractivity contribution in [1.29, 1.82) is 0 Å². The molecule has 7 heteroatoms. The van der Waals surface area contributed by atoms with Crippen molar-refractivity contribution >= 4 is 29.7 Å². The topological polar surface area (TPSA) is 63.7 Å². The lowest BCUT2D eigenvalue weighted by molar-refractivity contribution is 0.103. The van der Waals surface area contributed by atoms with Crippen molar-refractivity contribution in [3.8, 4) is 0 Å². The molecule has 3 amide bonds. The Kier molecular flexibility index (Phi) is 4.87. The molecule has 0 N–H and O–H groups in total. The molecule has 1 atom stereocenters. The van der Waals surface area contributed by atoms with Gasteiger partial charge in [0, 0.05) is 37.4 Å². The number of ketones is 1. The number of urea groups is 1. The Morgan fingerprint density at radius 1 is 1.11 bits per heavy atom. The van der Waals surface area contributed by atoms with E-state index in [9.17, 15) is 18.8 Å². The Balaban J connectivity index is 2.17. The normalized spacial score (nSPS) is 17.2. The third-order valence-electron chi connectivity index (χ3n) is 4.75. The Morgan fingerprint density at radius 3 is 2.43 bits per heavy atom. The summed E-state index contributed by atoms with van der Waals surface area (Å²) in [6, 6.07) is 8.50. The van der Waals surface area contributed by atoms with Crippen molar-refractivity contribution in [2.45, 2.75) is 6.92 Å². The van der Waals surface area contributed by atoms with Gasteiger partial charge in [0.25, 0.3) is 0 Å². The second-order valence-corrected chi connectivity index (χ2v) is 6.72. The predicted octanol–water partition coefficient (Wildman–Crippen LogP) is 4.10. The minimum atomic E-state index is -0.817. The minimum Gasteiger partial charge on any atom is -0.422 e. The molecule has 0 saturated heterocycles. The highest BCUT2D eigenvalue weighted by molar-refractivity contribution is 6.16. The van der Waals surface area contributed by atoms with Crippen LogP contribution in [0.5, 0.6) is 0 Å². The maximum atomic E-state index is 13.9. The fourth-order valence-electron chi connectivity index (χ4n) is 3.25. The van der Waals surface area contributed by atoms with Crippen LogP contribution in [0.4, 0.5) is 19.7 Å². The number of aryl methyl sites for hydroxylation is 1. The van der Waals surface area contributed by atoms with Gasteiger partial charge in [-0.3, -0.25) is 9.69 Å². The Labute approximate surface area is 162 Å². The highest BCUT2D eigenvalue weighted by Crippen LogP contribution is 2.40. The van der Waals surface area contributed by atoms with Crippen molar-refractivity contribution in [3.63, 3.8) is 0 Å². The summed E-state index contributed by atoms with van der Waals surface area (Å²) in [4.78, 5) is 39.8. The summed E-state index contributed by atoms with van der Waals surface area (Å²) in [5.74, 6) is -0.876. The molecule has 6 nitrogen and oxygen atoms in total. The lowest BCUT2D eigenvalue weighted by Crippen LogP contribution is -2.57. The zero-order valence-electron chi connectivity index (χ0n) is 16.0. The third kappa shape index (κ3) is 2.80. The zero-order valence-corrected chi connectivity index (χ0v) is 16.0. The molecular formula is C21H20FN2O4+. The van der Waals surface area contributed by atoms with E-state index in [1.54, 1.807) is 37.3 Å². The number of carbonyl (C=O) groups excluding carboxylic acids is 3. The van der Waals surface area contributed by atoms with E-state index < -0.39 is 28.2 Å². The SMILES string of the molecule is COC(=O)[N+]1(C(=O)N(C)C)C=Cc2c(C(=O)c3ccc(C)c(F)c3)cccc21. The van der Waals surface area contributed by atoms with Crippen LogP contribution in [0, 0.1) is 12.7 Å². The van der Waals surface area contributed by atoms with Gasteiger partial charge in [-0.15, -0.1) is 0 Å². The molecule has 0 radical (unpaired) electrons. The number of quaternary nitrogens is 1. The molecule has 0 saturated carbocycles. The molecular weight excluding hydrogens is 363 g/mol. The van der Waals surface area contributed by atoms with Gasteiger partial charge in [-0.1, -0.05) is 22.7 Å². The lowest BCUT2D eigenvalue weighted by Gasteiger charge is -2.27. The van der Waals surface area contributed by atoms with Crippen LogP contribution in [-0.2, 0) is 4.74 Å². The maximum Gasteiger partial charge on any atom is 0.535 e. The average molecular weight is 383 g/mol. The number of nitrogens with zero attached hydrogens (tertiary/aromatic N) is 2. The molecule has 28 heavy (non-hydrogen) atoms. The lowest BCUT2D eigenvalue weighted by atomic mass is 9.96. The first kappa shape index (κ1) is 19.4. The van der Waals surface area contributed by atoms with E-state index in [4.69, 9.17) is 4.74 Å². The van der Waals surface area contributed by atoms with Crippen LogP contribution in [0.3, 0.4) is 0 Å². The van der Waals surface area contributed by atoms with Crippen LogP contribution in [-0.4, -0.2) is 44.0 Å². The van der Waals surface area contributed by atoms with E-state index in [-0.39, 0.29) is 11.1 Å². The summed E-state index contributed by atoms with van der Waals surface area (Å²) in [6.07, 6.45) is 2.15. The standard InChI is InChI=1S/C21H20FN2O4/c1-13-8-9-14(12-17(13)22)19(25)16-6-5-7-18-15(16)10-11-24(18,21(27)28-4)20(26)23(2)3/h5-12H,1-4H3/q+1. The van der Waals surface area contributed by atoms with Gasteiger partial charge in [0.05, 0.1) is 12.7 Å². The quantitative estimate of drug-likeness (QED) is 0.578.